The van der Waals surface area contributed by atoms with Crippen LogP contribution in [0.15, 0.2) is 30.3 Å². The minimum atomic E-state index is 0.145. The fraction of sp³-hybridized carbons (Fsp3) is 0.562. The standard InChI is InChI=1S/C16H22O/c1-2-3-11-16(12-7-10-15(17)13-16)14-8-5-4-6-9-14/h4-6,8-9H,2-3,7,10-13H2,1H3. The molecule has 1 aromatic carbocycles. The number of ketones is 1. The van der Waals surface area contributed by atoms with Gasteiger partial charge in [0.1, 0.15) is 5.78 Å². The molecule has 1 aromatic rings. The van der Waals surface area contributed by atoms with Gasteiger partial charge in [-0.1, -0.05) is 50.1 Å². The van der Waals surface area contributed by atoms with Crippen LogP contribution in [0.4, 0.5) is 0 Å². The highest BCUT2D eigenvalue weighted by molar-refractivity contribution is 5.81. The van der Waals surface area contributed by atoms with Crippen LogP contribution in [0.1, 0.15) is 57.4 Å². The SMILES string of the molecule is CCCCC1(c2ccccc2)CCCC(=O)C1. The average molecular weight is 230 g/mol. The number of unbranched alkanes of at least 4 members (excludes halogenated alkanes) is 1. The fourth-order valence-corrected chi connectivity index (χ4v) is 3.09. The molecule has 1 nitrogen and oxygen atoms in total. The Bertz CT molecular complexity index is 368. The second-order valence-corrected chi connectivity index (χ2v) is 5.32. The molecule has 0 aromatic heterocycles. The van der Waals surface area contributed by atoms with Gasteiger partial charge in [-0.05, 0) is 24.8 Å². The Morgan fingerprint density at radius 3 is 2.65 bits per heavy atom. The van der Waals surface area contributed by atoms with Crippen molar-refractivity contribution in [3.63, 3.8) is 0 Å². The van der Waals surface area contributed by atoms with Crippen molar-refractivity contribution in [2.24, 2.45) is 0 Å². The molecule has 0 spiro atoms. The molecule has 1 aliphatic carbocycles. The van der Waals surface area contributed by atoms with E-state index in [1.165, 1.54) is 31.2 Å². The summed E-state index contributed by atoms with van der Waals surface area (Å²) in [7, 11) is 0. The van der Waals surface area contributed by atoms with Crippen molar-refractivity contribution in [3.8, 4) is 0 Å². The Morgan fingerprint density at radius 2 is 2.00 bits per heavy atom. The highest BCUT2D eigenvalue weighted by Crippen LogP contribution is 2.41. The van der Waals surface area contributed by atoms with E-state index >= 15 is 0 Å². The van der Waals surface area contributed by atoms with Crippen LogP contribution in [-0.4, -0.2) is 5.78 Å². The monoisotopic (exact) mass is 230 g/mol. The van der Waals surface area contributed by atoms with Crippen LogP contribution in [0.3, 0.4) is 0 Å². The first-order valence-corrected chi connectivity index (χ1v) is 6.84. The lowest BCUT2D eigenvalue weighted by atomic mass is 9.66. The van der Waals surface area contributed by atoms with Crippen LogP contribution in [0.25, 0.3) is 0 Å². The Hall–Kier alpha value is -1.11. The zero-order valence-corrected chi connectivity index (χ0v) is 10.7. The molecule has 0 heterocycles. The van der Waals surface area contributed by atoms with Crippen LogP contribution in [0, 0.1) is 0 Å². The molecule has 1 atom stereocenters. The van der Waals surface area contributed by atoms with Gasteiger partial charge in [0, 0.05) is 18.3 Å². The number of benzene rings is 1. The molecule has 0 saturated heterocycles. The molecule has 1 fully saturated rings. The Labute approximate surface area is 104 Å². The number of rotatable bonds is 4. The molecule has 0 N–H and O–H groups in total. The van der Waals surface area contributed by atoms with Gasteiger partial charge in [0.25, 0.3) is 0 Å². The van der Waals surface area contributed by atoms with E-state index < -0.39 is 0 Å². The molecule has 1 heteroatoms. The van der Waals surface area contributed by atoms with Gasteiger partial charge in [0.2, 0.25) is 0 Å². The van der Waals surface area contributed by atoms with E-state index in [-0.39, 0.29) is 5.41 Å². The van der Waals surface area contributed by atoms with Crippen LogP contribution < -0.4 is 0 Å². The molecule has 0 amide bonds. The Morgan fingerprint density at radius 1 is 1.24 bits per heavy atom. The van der Waals surface area contributed by atoms with E-state index in [1.54, 1.807) is 0 Å². The number of Topliss-reactive ketones (excluding diaryl/α,β-unsaturated/α-hetero) is 1. The van der Waals surface area contributed by atoms with Gasteiger partial charge in [0.15, 0.2) is 0 Å². The van der Waals surface area contributed by atoms with Gasteiger partial charge in [-0.25, -0.2) is 0 Å². The number of hydrogen-bond acceptors (Lipinski definition) is 1. The smallest absolute Gasteiger partial charge is 0.133 e. The molecule has 0 radical (unpaired) electrons. The lowest BCUT2D eigenvalue weighted by Crippen LogP contribution is -2.33. The van der Waals surface area contributed by atoms with Gasteiger partial charge in [0.05, 0.1) is 0 Å². The normalized spacial score (nSPS) is 24.9. The largest absolute Gasteiger partial charge is 0.300 e. The zero-order chi connectivity index (χ0) is 12.1. The van der Waals surface area contributed by atoms with Crippen molar-refractivity contribution in [2.45, 2.75) is 57.3 Å². The molecular weight excluding hydrogens is 208 g/mol. The van der Waals surface area contributed by atoms with E-state index in [0.29, 0.717) is 5.78 Å². The third kappa shape index (κ3) is 2.77. The molecule has 0 bridgehead atoms. The van der Waals surface area contributed by atoms with Crippen LogP contribution in [0.5, 0.6) is 0 Å². The summed E-state index contributed by atoms with van der Waals surface area (Å²) in [6.07, 6.45) is 7.40. The maximum absolute atomic E-state index is 11.8. The molecular formula is C16H22O. The first-order chi connectivity index (χ1) is 8.27. The van der Waals surface area contributed by atoms with Gasteiger partial charge < -0.3 is 0 Å². The molecule has 92 valence electrons. The van der Waals surface area contributed by atoms with E-state index in [4.69, 9.17) is 0 Å². The van der Waals surface area contributed by atoms with Gasteiger partial charge in [-0.15, -0.1) is 0 Å². The van der Waals surface area contributed by atoms with Gasteiger partial charge >= 0.3 is 0 Å². The molecule has 0 aliphatic heterocycles. The van der Waals surface area contributed by atoms with Crippen LogP contribution in [0.2, 0.25) is 0 Å². The van der Waals surface area contributed by atoms with Crippen LogP contribution >= 0.6 is 0 Å². The molecule has 1 unspecified atom stereocenters. The van der Waals surface area contributed by atoms with Crippen molar-refractivity contribution in [1.82, 2.24) is 0 Å². The number of carbonyl (C=O) groups excluding carboxylic acids is 1. The molecule has 1 saturated carbocycles. The van der Waals surface area contributed by atoms with Gasteiger partial charge in [-0.3, -0.25) is 4.79 Å². The van der Waals surface area contributed by atoms with E-state index in [2.05, 4.69) is 37.3 Å². The van der Waals surface area contributed by atoms with Crippen molar-refractivity contribution in [3.05, 3.63) is 35.9 Å². The quantitative estimate of drug-likeness (QED) is 0.755. The summed E-state index contributed by atoms with van der Waals surface area (Å²) in [5, 5.41) is 0. The lowest BCUT2D eigenvalue weighted by molar-refractivity contribution is -0.122. The first-order valence-electron chi connectivity index (χ1n) is 6.84. The summed E-state index contributed by atoms with van der Waals surface area (Å²) in [5.41, 5.74) is 1.52. The van der Waals surface area contributed by atoms with Crippen molar-refractivity contribution in [1.29, 1.82) is 0 Å². The summed E-state index contributed by atoms with van der Waals surface area (Å²) >= 11 is 0. The third-order valence-corrected chi connectivity index (χ3v) is 4.04. The summed E-state index contributed by atoms with van der Waals surface area (Å²) in [6.45, 7) is 2.23. The number of carbonyl (C=O) groups is 1. The van der Waals surface area contributed by atoms with Crippen molar-refractivity contribution in [2.75, 3.05) is 0 Å². The van der Waals surface area contributed by atoms with E-state index in [1.807, 2.05) is 0 Å². The minimum absolute atomic E-state index is 0.145. The second-order valence-electron chi connectivity index (χ2n) is 5.32. The van der Waals surface area contributed by atoms with E-state index in [9.17, 15) is 4.79 Å². The summed E-state index contributed by atoms with van der Waals surface area (Å²) in [5.74, 6) is 0.455. The van der Waals surface area contributed by atoms with E-state index in [0.717, 1.165) is 19.3 Å². The van der Waals surface area contributed by atoms with Crippen LogP contribution in [-0.2, 0) is 10.2 Å². The molecule has 17 heavy (non-hydrogen) atoms. The maximum atomic E-state index is 11.8. The molecule has 1 aliphatic rings. The number of hydrogen-bond donors (Lipinski definition) is 0. The summed E-state index contributed by atoms with van der Waals surface area (Å²) in [6, 6.07) is 10.7. The second kappa shape index (κ2) is 5.48. The average Bonchev–Trinajstić information content (AvgIpc) is 2.37. The third-order valence-electron chi connectivity index (χ3n) is 4.04. The van der Waals surface area contributed by atoms with Crippen molar-refractivity contribution >= 4 is 5.78 Å². The zero-order valence-electron chi connectivity index (χ0n) is 10.7. The topological polar surface area (TPSA) is 17.1 Å². The predicted molar refractivity (Wildman–Crippen MR) is 71.1 cm³/mol. The highest BCUT2D eigenvalue weighted by atomic mass is 16.1. The highest BCUT2D eigenvalue weighted by Gasteiger charge is 2.36. The summed E-state index contributed by atoms with van der Waals surface area (Å²) < 4.78 is 0. The molecule has 2 rings (SSSR count). The Balaban J connectivity index is 2.26. The minimum Gasteiger partial charge on any atom is -0.300 e. The van der Waals surface area contributed by atoms with Gasteiger partial charge in [-0.2, -0.15) is 0 Å². The summed E-state index contributed by atoms with van der Waals surface area (Å²) in [4.78, 5) is 11.8. The predicted octanol–water partition coefficient (Wildman–Crippen LogP) is 4.26. The lowest BCUT2D eigenvalue weighted by Gasteiger charge is -2.37. The fourth-order valence-electron chi connectivity index (χ4n) is 3.09. The maximum Gasteiger partial charge on any atom is 0.133 e. The van der Waals surface area contributed by atoms with Crippen molar-refractivity contribution < 1.29 is 4.79 Å². The first kappa shape index (κ1) is 12.3. The Kier molecular flexibility index (Phi) is 3.98.